The molecule has 4 rings (SSSR count). The molecule has 0 atom stereocenters. The zero-order chi connectivity index (χ0) is 27.2. The first-order valence-corrected chi connectivity index (χ1v) is 13.2. The van der Waals surface area contributed by atoms with Gasteiger partial charge >= 0.3 is 12.2 Å². The van der Waals surface area contributed by atoms with Crippen LogP contribution >= 0.6 is 11.6 Å². The minimum atomic E-state index is -0.641. The Labute approximate surface area is 224 Å². The molecule has 0 saturated carbocycles. The van der Waals surface area contributed by atoms with Gasteiger partial charge in [0.05, 0.1) is 5.70 Å². The van der Waals surface area contributed by atoms with Gasteiger partial charge in [0.25, 0.3) is 0 Å². The van der Waals surface area contributed by atoms with Crippen LogP contribution in [0.25, 0.3) is 0 Å². The number of hydrogen-bond acceptors (Lipinski definition) is 5. The van der Waals surface area contributed by atoms with Gasteiger partial charge in [-0.25, -0.2) is 14.5 Å². The van der Waals surface area contributed by atoms with Gasteiger partial charge in [0.1, 0.15) is 12.2 Å². The molecule has 1 aromatic carbocycles. The van der Waals surface area contributed by atoms with Crippen molar-refractivity contribution >= 4 is 29.7 Å². The van der Waals surface area contributed by atoms with Crippen molar-refractivity contribution in [1.29, 1.82) is 0 Å². The lowest BCUT2D eigenvalue weighted by Gasteiger charge is -2.42. The number of hydrogen-bond donors (Lipinski definition) is 0. The fraction of sp³-hybridized carbons (Fsp3) is 0.483. The van der Waals surface area contributed by atoms with Gasteiger partial charge in [0.2, 0.25) is 5.91 Å². The summed E-state index contributed by atoms with van der Waals surface area (Å²) >= 11 is 6.13. The lowest BCUT2D eigenvalue weighted by molar-refractivity contribution is -0.128. The summed E-state index contributed by atoms with van der Waals surface area (Å²) in [5.41, 5.74) is 1.31. The second-order valence-electron chi connectivity index (χ2n) is 10.2. The summed E-state index contributed by atoms with van der Waals surface area (Å²) in [7, 11) is 0. The molecule has 0 unspecified atom stereocenters. The van der Waals surface area contributed by atoms with Crippen molar-refractivity contribution in [1.82, 2.24) is 9.80 Å². The first-order chi connectivity index (χ1) is 17.6. The number of ether oxygens (including phenoxy) is 2. The van der Waals surface area contributed by atoms with E-state index in [9.17, 15) is 14.4 Å². The van der Waals surface area contributed by atoms with E-state index in [0.29, 0.717) is 43.1 Å². The van der Waals surface area contributed by atoms with Crippen LogP contribution in [0.1, 0.15) is 65.9 Å². The number of cyclic esters (lactones) is 1. The lowest BCUT2D eigenvalue weighted by atomic mass is 9.70. The zero-order valence-electron chi connectivity index (χ0n) is 22.4. The van der Waals surface area contributed by atoms with Crippen molar-refractivity contribution in [3.63, 3.8) is 0 Å². The molecule has 0 bridgehead atoms. The molecule has 0 radical (unpaired) electrons. The molecule has 2 heterocycles. The molecule has 3 aliphatic rings. The van der Waals surface area contributed by atoms with E-state index in [1.807, 2.05) is 71.1 Å². The van der Waals surface area contributed by atoms with Crippen LogP contribution in [0.2, 0.25) is 5.02 Å². The highest BCUT2D eigenvalue weighted by Gasteiger charge is 2.44. The molecule has 8 heteroatoms. The molecule has 2 saturated heterocycles. The van der Waals surface area contributed by atoms with Crippen molar-refractivity contribution in [3.05, 3.63) is 70.4 Å². The van der Waals surface area contributed by atoms with E-state index >= 15 is 0 Å². The summed E-state index contributed by atoms with van der Waals surface area (Å²) in [5.74, 6) is -0.307. The summed E-state index contributed by atoms with van der Waals surface area (Å²) in [5, 5.41) is 0.605. The van der Waals surface area contributed by atoms with E-state index < -0.39 is 17.1 Å². The molecule has 7 nitrogen and oxygen atoms in total. The first-order valence-electron chi connectivity index (χ1n) is 12.9. The van der Waals surface area contributed by atoms with Crippen molar-refractivity contribution in [2.45, 2.75) is 71.3 Å². The number of amides is 3. The topological polar surface area (TPSA) is 76.2 Å². The summed E-state index contributed by atoms with van der Waals surface area (Å²) in [4.78, 5) is 41.7. The van der Waals surface area contributed by atoms with E-state index in [2.05, 4.69) is 0 Å². The van der Waals surface area contributed by atoms with Crippen LogP contribution in [-0.2, 0) is 19.7 Å². The molecule has 0 N–H and O–H groups in total. The molecular formula is C29H37ClN2O5. The maximum atomic E-state index is 13.6. The molecular weight excluding hydrogens is 492 g/mol. The monoisotopic (exact) mass is 528 g/mol. The Kier molecular flexibility index (Phi) is 9.24. The fourth-order valence-corrected chi connectivity index (χ4v) is 4.89. The van der Waals surface area contributed by atoms with Crippen LogP contribution in [-0.4, -0.2) is 53.2 Å². The van der Waals surface area contributed by atoms with E-state index in [-0.39, 0.29) is 25.0 Å². The average Bonchev–Trinajstić information content (AvgIpc) is 3.27. The summed E-state index contributed by atoms with van der Waals surface area (Å²) < 4.78 is 10.8. The van der Waals surface area contributed by atoms with Crippen LogP contribution < -0.4 is 0 Å². The highest BCUT2D eigenvalue weighted by molar-refractivity contribution is 6.30. The SMILES string of the molecule is CC.CC(C)(C)OC(=O)N1CCC(CC(=O)N2C(=O)OC/C2=C2/C=CC=CC2)(c2ccc(Cl)cc2)CC1. The number of likely N-dealkylation sites (tertiary alicyclic amines) is 1. The van der Waals surface area contributed by atoms with Crippen LogP contribution in [0, 0.1) is 0 Å². The van der Waals surface area contributed by atoms with Crippen LogP contribution in [0.5, 0.6) is 0 Å². The Balaban J connectivity index is 0.00000186. The normalized spacial score (nSPS) is 20.8. The number of halogens is 1. The van der Waals surface area contributed by atoms with Gasteiger partial charge in [-0.2, -0.15) is 0 Å². The smallest absolute Gasteiger partial charge is 0.421 e. The van der Waals surface area contributed by atoms with E-state index in [0.717, 1.165) is 11.1 Å². The Bertz CT molecular complexity index is 1090. The maximum absolute atomic E-state index is 13.6. The van der Waals surface area contributed by atoms with E-state index in [4.69, 9.17) is 21.1 Å². The van der Waals surface area contributed by atoms with E-state index in [1.54, 1.807) is 17.0 Å². The second-order valence-corrected chi connectivity index (χ2v) is 10.6. The highest BCUT2D eigenvalue weighted by Crippen LogP contribution is 2.41. The minimum absolute atomic E-state index is 0.0818. The van der Waals surface area contributed by atoms with Crippen LogP contribution in [0.4, 0.5) is 9.59 Å². The molecule has 0 aromatic heterocycles. The number of allylic oxidation sites excluding steroid dienone is 5. The fourth-order valence-electron chi connectivity index (χ4n) is 4.77. The van der Waals surface area contributed by atoms with Gasteiger partial charge in [0, 0.05) is 29.9 Å². The highest BCUT2D eigenvalue weighted by atomic mass is 35.5. The van der Waals surface area contributed by atoms with Gasteiger partial charge in [-0.05, 0) is 63.3 Å². The Hall–Kier alpha value is -3.06. The largest absolute Gasteiger partial charge is 0.444 e. The third kappa shape index (κ3) is 6.83. The average molecular weight is 529 g/mol. The van der Waals surface area contributed by atoms with Crippen molar-refractivity contribution < 1.29 is 23.9 Å². The van der Waals surface area contributed by atoms with Gasteiger partial charge in [0.15, 0.2) is 0 Å². The summed E-state index contributed by atoms with van der Waals surface area (Å²) in [6.45, 7) is 10.5. The number of benzene rings is 1. The number of rotatable bonds is 3. The number of carbonyl (C=O) groups excluding carboxylic acids is 3. The van der Waals surface area contributed by atoms with Gasteiger partial charge < -0.3 is 14.4 Å². The summed E-state index contributed by atoms with van der Waals surface area (Å²) in [6.07, 6.45) is 8.57. The van der Waals surface area contributed by atoms with Crippen molar-refractivity contribution in [3.8, 4) is 0 Å². The van der Waals surface area contributed by atoms with Gasteiger partial charge in [-0.15, -0.1) is 0 Å². The Morgan fingerprint density at radius 2 is 1.73 bits per heavy atom. The third-order valence-electron chi connectivity index (χ3n) is 6.61. The first kappa shape index (κ1) is 28.5. The molecule has 2 aliphatic heterocycles. The molecule has 2 fully saturated rings. The second kappa shape index (κ2) is 12.0. The molecule has 3 amide bonds. The predicted octanol–water partition coefficient (Wildman–Crippen LogP) is 6.77. The third-order valence-corrected chi connectivity index (χ3v) is 6.86. The minimum Gasteiger partial charge on any atom is -0.444 e. The Morgan fingerprint density at radius 1 is 1.08 bits per heavy atom. The number of nitrogens with zero attached hydrogens (tertiary/aromatic N) is 2. The van der Waals surface area contributed by atoms with Crippen LogP contribution in [0.3, 0.4) is 0 Å². The van der Waals surface area contributed by atoms with Crippen molar-refractivity contribution in [2.24, 2.45) is 0 Å². The van der Waals surface area contributed by atoms with Gasteiger partial charge in [-0.1, -0.05) is 61.9 Å². The standard InChI is InChI=1S/C27H31ClN2O5.C2H6/c1-26(2,3)35-24(32)29-15-13-27(14-16-29,20-9-11-21(28)12-10-20)17-23(31)30-22(18-34-25(30)33)19-7-5-4-6-8-19;1-2/h4-7,9-12H,8,13-18H2,1-3H3;1-2H3/b22-19+;. The van der Waals surface area contributed by atoms with Gasteiger partial charge in [-0.3, -0.25) is 4.79 Å². The summed E-state index contributed by atoms with van der Waals surface area (Å²) in [6, 6.07) is 7.46. The predicted molar refractivity (Wildman–Crippen MR) is 144 cm³/mol. The quantitative estimate of drug-likeness (QED) is 0.432. The molecule has 1 aromatic rings. The lowest BCUT2D eigenvalue weighted by Crippen LogP contribution is -2.48. The number of imide groups is 1. The van der Waals surface area contributed by atoms with E-state index in [1.165, 1.54) is 4.90 Å². The van der Waals surface area contributed by atoms with Crippen LogP contribution in [0.15, 0.2) is 59.8 Å². The molecule has 200 valence electrons. The number of piperidine rings is 1. The Morgan fingerprint density at radius 3 is 2.30 bits per heavy atom. The number of carbonyl (C=O) groups is 3. The zero-order valence-corrected chi connectivity index (χ0v) is 23.1. The maximum Gasteiger partial charge on any atom is 0.421 e. The van der Waals surface area contributed by atoms with Crippen molar-refractivity contribution in [2.75, 3.05) is 19.7 Å². The molecule has 1 aliphatic carbocycles. The molecule has 37 heavy (non-hydrogen) atoms. The molecule has 0 spiro atoms.